The Hall–Kier alpha value is -2.09. The third-order valence-corrected chi connectivity index (χ3v) is 4.71. The third-order valence-electron chi connectivity index (χ3n) is 3.80. The first kappa shape index (κ1) is 16.8. The molecule has 0 bridgehead atoms. The third kappa shape index (κ3) is 4.47. The second-order valence-electron chi connectivity index (χ2n) is 5.77. The van der Waals surface area contributed by atoms with E-state index in [1.807, 2.05) is 0 Å². The maximum atomic E-state index is 12.9. The summed E-state index contributed by atoms with van der Waals surface area (Å²) in [5.41, 5.74) is 0.946. The Balaban J connectivity index is 1.43. The Morgan fingerprint density at radius 2 is 2.04 bits per heavy atom. The molecular formula is C16H16F3N3OS. The van der Waals surface area contributed by atoms with Crippen molar-refractivity contribution in [2.24, 2.45) is 5.92 Å². The van der Waals surface area contributed by atoms with Gasteiger partial charge in [-0.05, 0) is 24.1 Å². The summed E-state index contributed by atoms with van der Waals surface area (Å²) >= 11 is 1.32. The molecule has 1 aromatic carbocycles. The number of halogens is 3. The maximum Gasteiger partial charge on any atom is 0.321 e. The second kappa shape index (κ2) is 6.80. The average molecular weight is 355 g/mol. The Labute approximate surface area is 141 Å². The molecular weight excluding hydrogens is 339 g/mol. The van der Waals surface area contributed by atoms with Gasteiger partial charge in [-0.3, -0.25) is 5.32 Å². The van der Waals surface area contributed by atoms with Crippen LogP contribution in [0.5, 0.6) is 0 Å². The highest BCUT2D eigenvalue weighted by molar-refractivity contribution is 7.15. The summed E-state index contributed by atoms with van der Waals surface area (Å²) in [7, 11) is 0. The van der Waals surface area contributed by atoms with Crippen LogP contribution >= 0.6 is 11.3 Å². The van der Waals surface area contributed by atoms with Crippen molar-refractivity contribution in [3.05, 3.63) is 46.7 Å². The van der Waals surface area contributed by atoms with Crippen LogP contribution < -0.4 is 10.6 Å². The number of aromatic nitrogens is 1. The van der Waals surface area contributed by atoms with Crippen molar-refractivity contribution in [1.82, 2.24) is 10.3 Å². The van der Waals surface area contributed by atoms with Gasteiger partial charge in [0.2, 0.25) is 0 Å². The number of hydrogen-bond acceptors (Lipinski definition) is 3. The quantitative estimate of drug-likeness (QED) is 0.822. The maximum absolute atomic E-state index is 12.9. The molecule has 4 nitrogen and oxygen atoms in total. The molecule has 1 saturated carbocycles. The number of nitrogens with one attached hydrogen (secondary N) is 2. The molecule has 1 unspecified atom stereocenters. The molecule has 128 valence electrons. The first-order valence-electron chi connectivity index (χ1n) is 7.54. The lowest BCUT2D eigenvalue weighted by Crippen LogP contribution is -2.29. The molecule has 2 N–H and O–H groups in total. The van der Waals surface area contributed by atoms with Crippen molar-refractivity contribution in [2.75, 3.05) is 11.9 Å². The van der Waals surface area contributed by atoms with Gasteiger partial charge in [-0.2, -0.15) is 0 Å². The number of anilines is 1. The smallest absolute Gasteiger partial charge is 0.321 e. The van der Waals surface area contributed by atoms with Crippen molar-refractivity contribution in [2.45, 2.75) is 25.2 Å². The van der Waals surface area contributed by atoms with Gasteiger partial charge in [0.15, 0.2) is 5.13 Å². The normalized spacial score (nSPS) is 18.2. The molecule has 1 fully saturated rings. The van der Waals surface area contributed by atoms with Gasteiger partial charge in [0, 0.05) is 36.4 Å². The minimum absolute atomic E-state index is 0.0878. The van der Waals surface area contributed by atoms with Crippen LogP contribution in [0.4, 0.5) is 23.1 Å². The molecule has 0 radical (unpaired) electrons. The highest BCUT2D eigenvalue weighted by Crippen LogP contribution is 2.50. The summed E-state index contributed by atoms with van der Waals surface area (Å²) in [6.07, 6.45) is 2.43. The zero-order chi connectivity index (χ0) is 17.2. The molecule has 1 aromatic heterocycles. The summed E-state index contributed by atoms with van der Waals surface area (Å²) in [5, 5.41) is 5.56. The number of thiazole rings is 1. The molecule has 0 saturated heterocycles. The van der Waals surface area contributed by atoms with E-state index >= 15 is 0 Å². The molecule has 24 heavy (non-hydrogen) atoms. The van der Waals surface area contributed by atoms with Crippen LogP contribution in [0, 0.1) is 11.7 Å². The fraction of sp³-hybridized carbons (Fsp3) is 0.375. The van der Waals surface area contributed by atoms with E-state index in [1.54, 1.807) is 18.3 Å². The number of nitrogens with zero attached hydrogens (tertiary/aromatic N) is 1. The predicted octanol–water partition coefficient (Wildman–Crippen LogP) is 4.04. The van der Waals surface area contributed by atoms with Crippen LogP contribution in [0.2, 0.25) is 0 Å². The van der Waals surface area contributed by atoms with Gasteiger partial charge in [-0.1, -0.05) is 12.1 Å². The van der Waals surface area contributed by atoms with E-state index in [9.17, 15) is 18.0 Å². The van der Waals surface area contributed by atoms with Gasteiger partial charge in [0.05, 0.1) is 0 Å². The van der Waals surface area contributed by atoms with Gasteiger partial charge in [-0.15, -0.1) is 11.3 Å². The number of urea groups is 1. The summed E-state index contributed by atoms with van der Waals surface area (Å²) in [5.74, 6) is -3.45. The standard InChI is InChI=1S/C16H16F3N3OS/c17-12-3-1-10(2-4-12)7-13-9-21-15(24-13)22-14(23)20-6-5-11-8-16(11,18)19/h1-4,9,11H,5-8H2,(H2,20,21,22,23). The van der Waals surface area contributed by atoms with E-state index < -0.39 is 17.9 Å². The van der Waals surface area contributed by atoms with E-state index in [-0.39, 0.29) is 25.2 Å². The van der Waals surface area contributed by atoms with Gasteiger partial charge >= 0.3 is 6.03 Å². The summed E-state index contributed by atoms with van der Waals surface area (Å²) in [4.78, 5) is 16.7. The van der Waals surface area contributed by atoms with Gasteiger partial charge in [0.1, 0.15) is 5.82 Å². The van der Waals surface area contributed by atoms with E-state index in [4.69, 9.17) is 0 Å². The summed E-state index contributed by atoms with van der Waals surface area (Å²) < 4.78 is 38.3. The molecule has 1 aliphatic carbocycles. The number of carbonyl (C=O) groups is 1. The SMILES string of the molecule is O=C(NCCC1CC1(F)F)Nc1ncc(Cc2ccc(F)cc2)s1. The number of carbonyl (C=O) groups excluding carboxylic acids is 1. The van der Waals surface area contributed by atoms with Gasteiger partial charge in [-0.25, -0.2) is 22.9 Å². The number of rotatable bonds is 6. The fourth-order valence-corrected chi connectivity index (χ4v) is 3.18. The fourth-order valence-electron chi connectivity index (χ4n) is 2.33. The van der Waals surface area contributed by atoms with Gasteiger partial charge < -0.3 is 5.32 Å². The van der Waals surface area contributed by atoms with E-state index in [0.717, 1.165) is 10.4 Å². The van der Waals surface area contributed by atoms with Crippen molar-refractivity contribution in [1.29, 1.82) is 0 Å². The molecule has 8 heteroatoms. The van der Waals surface area contributed by atoms with E-state index in [1.165, 1.54) is 23.5 Å². The molecule has 0 spiro atoms. The minimum Gasteiger partial charge on any atom is -0.338 e. The Morgan fingerprint density at radius 3 is 2.71 bits per heavy atom. The first-order chi connectivity index (χ1) is 11.4. The lowest BCUT2D eigenvalue weighted by molar-refractivity contribution is 0.0971. The van der Waals surface area contributed by atoms with E-state index in [0.29, 0.717) is 11.6 Å². The monoisotopic (exact) mass is 355 g/mol. The van der Waals surface area contributed by atoms with Crippen molar-refractivity contribution < 1.29 is 18.0 Å². The average Bonchev–Trinajstić information content (AvgIpc) is 2.91. The number of amides is 2. The van der Waals surface area contributed by atoms with Crippen molar-refractivity contribution in [3.8, 4) is 0 Å². The van der Waals surface area contributed by atoms with Crippen LogP contribution in [-0.2, 0) is 6.42 Å². The van der Waals surface area contributed by atoms with Gasteiger partial charge in [0.25, 0.3) is 5.92 Å². The summed E-state index contributed by atoms with van der Waals surface area (Å²) in [6, 6.07) is 5.73. The molecule has 1 atom stereocenters. The topological polar surface area (TPSA) is 54.0 Å². The Kier molecular flexibility index (Phi) is 4.75. The Morgan fingerprint density at radius 1 is 1.33 bits per heavy atom. The molecule has 1 aliphatic rings. The molecule has 2 amide bonds. The van der Waals surface area contributed by atoms with Crippen LogP contribution in [0.15, 0.2) is 30.5 Å². The molecule has 3 rings (SSSR count). The highest BCUT2D eigenvalue weighted by Gasteiger charge is 2.55. The minimum atomic E-state index is -2.55. The summed E-state index contributed by atoms with van der Waals surface area (Å²) in [6.45, 7) is 0.208. The molecule has 1 heterocycles. The Bertz CT molecular complexity index is 718. The largest absolute Gasteiger partial charge is 0.338 e. The first-order valence-corrected chi connectivity index (χ1v) is 8.36. The number of hydrogen-bond donors (Lipinski definition) is 2. The zero-order valence-corrected chi connectivity index (χ0v) is 13.5. The highest BCUT2D eigenvalue weighted by atomic mass is 32.1. The van der Waals surface area contributed by atoms with Crippen LogP contribution in [0.3, 0.4) is 0 Å². The van der Waals surface area contributed by atoms with Crippen molar-refractivity contribution in [3.63, 3.8) is 0 Å². The predicted molar refractivity (Wildman–Crippen MR) is 86.0 cm³/mol. The zero-order valence-electron chi connectivity index (χ0n) is 12.7. The van der Waals surface area contributed by atoms with Crippen LogP contribution in [0.25, 0.3) is 0 Å². The van der Waals surface area contributed by atoms with Crippen LogP contribution in [-0.4, -0.2) is 23.5 Å². The van der Waals surface area contributed by atoms with Crippen LogP contribution in [0.1, 0.15) is 23.3 Å². The number of alkyl halides is 2. The lowest BCUT2D eigenvalue weighted by atomic mass is 10.1. The molecule has 2 aromatic rings. The molecule has 0 aliphatic heterocycles. The lowest BCUT2D eigenvalue weighted by Gasteiger charge is -2.04. The second-order valence-corrected chi connectivity index (χ2v) is 6.88. The number of benzene rings is 1. The van der Waals surface area contributed by atoms with Crippen molar-refractivity contribution >= 4 is 22.5 Å². The van der Waals surface area contributed by atoms with E-state index in [2.05, 4.69) is 15.6 Å².